The van der Waals surface area contributed by atoms with Crippen molar-refractivity contribution in [1.29, 1.82) is 0 Å². The number of carbonyl (C=O) groups excluding carboxylic acids is 1. The summed E-state index contributed by atoms with van der Waals surface area (Å²) in [4.78, 5) is 12.2. The fraction of sp³-hybridized carbons (Fsp3) is 0.533. The quantitative estimate of drug-likeness (QED) is 0.753. The normalized spacial score (nSPS) is 17.7. The molecule has 1 saturated carbocycles. The Morgan fingerprint density at radius 2 is 2.05 bits per heavy atom. The summed E-state index contributed by atoms with van der Waals surface area (Å²) in [6, 6.07) is 5.21. The number of ether oxygens (including phenoxy) is 1. The molecule has 0 radical (unpaired) electrons. The van der Waals surface area contributed by atoms with Crippen molar-refractivity contribution in [2.75, 3.05) is 12.9 Å². The third-order valence-corrected chi connectivity index (χ3v) is 6.05. The Morgan fingerprint density at radius 3 is 2.65 bits per heavy atom. The molecule has 0 spiro atoms. The van der Waals surface area contributed by atoms with Crippen LogP contribution in [0.3, 0.4) is 0 Å². The fourth-order valence-corrected chi connectivity index (χ4v) is 4.56. The van der Waals surface area contributed by atoms with E-state index in [2.05, 4.69) is 15.9 Å². The summed E-state index contributed by atoms with van der Waals surface area (Å²) in [5.74, 6) is 0.760. The second-order valence-corrected chi connectivity index (χ2v) is 7.63. The highest BCUT2D eigenvalue weighted by molar-refractivity contribution is 9.10. The van der Waals surface area contributed by atoms with Gasteiger partial charge < -0.3 is 4.74 Å². The van der Waals surface area contributed by atoms with Crippen LogP contribution in [0.5, 0.6) is 5.75 Å². The number of Topliss-reactive ketones (excluding diaryl/α,β-unsaturated/α-hetero) is 1. The van der Waals surface area contributed by atoms with Crippen LogP contribution >= 0.6 is 15.9 Å². The number of carbonyl (C=O) groups is 1. The first-order valence-electron chi connectivity index (χ1n) is 6.85. The lowest BCUT2D eigenvalue weighted by atomic mass is 10.0. The van der Waals surface area contributed by atoms with E-state index in [0.717, 1.165) is 30.2 Å². The monoisotopic (exact) mass is 358 g/mol. The van der Waals surface area contributed by atoms with Crippen molar-refractivity contribution in [1.82, 2.24) is 0 Å². The minimum absolute atomic E-state index is 0.0581. The SMILES string of the molecule is COc1ccc(C(=O)CS(=O)C2CCCCC2)cc1Br. The summed E-state index contributed by atoms with van der Waals surface area (Å²) in [6.45, 7) is 0. The third kappa shape index (κ3) is 3.92. The first-order valence-corrected chi connectivity index (χ1v) is 9.03. The molecule has 0 amide bonds. The van der Waals surface area contributed by atoms with E-state index >= 15 is 0 Å². The maximum absolute atomic E-state index is 12.2. The number of hydrogen-bond donors (Lipinski definition) is 0. The number of methoxy groups -OCH3 is 1. The lowest BCUT2D eigenvalue weighted by molar-refractivity contribution is 0.102. The first-order chi connectivity index (χ1) is 9.61. The van der Waals surface area contributed by atoms with Gasteiger partial charge in [-0.15, -0.1) is 0 Å². The Hall–Kier alpha value is -0.680. The molecule has 3 nitrogen and oxygen atoms in total. The summed E-state index contributed by atoms with van der Waals surface area (Å²) in [5, 5.41) is 0.203. The molecule has 110 valence electrons. The zero-order valence-corrected chi connectivity index (χ0v) is 14.0. The molecule has 2 rings (SSSR count). The number of halogens is 1. The van der Waals surface area contributed by atoms with E-state index in [0.29, 0.717) is 11.3 Å². The van der Waals surface area contributed by atoms with Crippen molar-refractivity contribution in [3.8, 4) is 5.75 Å². The predicted molar refractivity (Wildman–Crippen MR) is 84.9 cm³/mol. The Kier molecular flexibility index (Phi) is 5.78. The smallest absolute Gasteiger partial charge is 0.175 e. The molecule has 1 aliphatic rings. The van der Waals surface area contributed by atoms with E-state index in [1.54, 1.807) is 25.3 Å². The largest absolute Gasteiger partial charge is 0.496 e. The van der Waals surface area contributed by atoms with Gasteiger partial charge in [0.05, 0.1) is 17.3 Å². The maximum Gasteiger partial charge on any atom is 0.175 e. The number of rotatable bonds is 5. The van der Waals surface area contributed by atoms with Crippen LogP contribution < -0.4 is 4.74 Å². The zero-order valence-electron chi connectivity index (χ0n) is 11.6. The highest BCUT2D eigenvalue weighted by atomic mass is 79.9. The van der Waals surface area contributed by atoms with Gasteiger partial charge >= 0.3 is 0 Å². The van der Waals surface area contributed by atoms with E-state index in [1.807, 2.05) is 0 Å². The van der Waals surface area contributed by atoms with Gasteiger partial charge in [0.25, 0.3) is 0 Å². The van der Waals surface area contributed by atoms with Gasteiger partial charge in [0.2, 0.25) is 0 Å². The molecule has 5 heteroatoms. The number of benzene rings is 1. The molecular weight excluding hydrogens is 340 g/mol. The average Bonchev–Trinajstić information content (AvgIpc) is 2.48. The van der Waals surface area contributed by atoms with E-state index < -0.39 is 10.8 Å². The molecule has 1 aliphatic carbocycles. The lowest BCUT2D eigenvalue weighted by Gasteiger charge is -2.20. The van der Waals surface area contributed by atoms with Crippen LogP contribution in [0.1, 0.15) is 42.5 Å². The van der Waals surface area contributed by atoms with Gasteiger partial charge in [-0.1, -0.05) is 19.3 Å². The van der Waals surface area contributed by atoms with Crippen molar-refractivity contribution in [2.24, 2.45) is 0 Å². The Labute approximate surface area is 130 Å². The molecule has 1 aromatic carbocycles. The molecule has 0 aromatic heterocycles. The topological polar surface area (TPSA) is 43.4 Å². The van der Waals surface area contributed by atoms with E-state index in [1.165, 1.54) is 6.42 Å². The second-order valence-electron chi connectivity index (χ2n) is 5.06. The van der Waals surface area contributed by atoms with Crippen LogP contribution in [0.15, 0.2) is 22.7 Å². The van der Waals surface area contributed by atoms with Gasteiger partial charge in [0.1, 0.15) is 5.75 Å². The predicted octanol–water partition coefficient (Wildman–Crippen LogP) is 3.72. The molecule has 1 unspecified atom stereocenters. The molecule has 0 aliphatic heterocycles. The minimum Gasteiger partial charge on any atom is -0.496 e. The molecule has 0 bridgehead atoms. The Balaban J connectivity index is 2.00. The standard InChI is InChI=1S/C15H19BrO3S/c1-19-15-8-7-11(9-13(15)16)14(17)10-20(18)12-5-3-2-4-6-12/h7-9,12H,2-6,10H2,1H3. The van der Waals surface area contributed by atoms with Crippen molar-refractivity contribution < 1.29 is 13.7 Å². The van der Waals surface area contributed by atoms with Gasteiger partial charge in [-0.25, -0.2) is 0 Å². The molecular formula is C15H19BrO3S. The third-order valence-electron chi connectivity index (χ3n) is 3.67. The van der Waals surface area contributed by atoms with E-state index in [4.69, 9.17) is 4.74 Å². The van der Waals surface area contributed by atoms with Crippen LogP contribution in [0, 0.1) is 0 Å². The van der Waals surface area contributed by atoms with Crippen LogP contribution in [-0.2, 0) is 10.8 Å². The molecule has 1 atom stereocenters. The first kappa shape index (κ1) is 15.7. The summed E-state index contributed by atoms with van der Waals surface area (Å²) >= 11 is 3.37. The molecule has 0 saturated heterocycles. The van der Waals surface area contributed by atoms with Crippen LogP contribution in [-0.4, -0.2) is 28.1 Å². The van der Waals surface area contributed by atoms with Gasteiger partial charge in [-0.05, 0) is 47.0 Å². The van der Waals surface area contributed by atoms with Crippen molar-refractivity contribution in [3.63, 3.8) is 0 Å². The summed E-state index contributed by atoms with van der Waals surface area (Å²) in [5.41, 5.74) is 0.585. The van der Waals surface area contributed by atoms with Crippen molar-refractivity contribution in [3.05, 3.63) is 28.2 Å². The summed E-state index contributed by atoms with van der Waals surface area (Å²) in [6.07, 6.45) is 5.49. The molecule has 20 heavy (non-hydrogen) atoms. The zero-order chi connectivity index (χ0) is 14.5. The van der Waals surface area contributed by atoms with Gasteiger partial charge in [-0.2, -0.15) is 0 Å². The number of ketones is 1. The van der Waals surface area contributed by atoms with Crippen molar-refractivity contribution in [2.45, 2.75) is 37.4 Å². The molecule has 1 fully saturated rings. The lowest BCUT2D eigenvalue weighted by Crippen LogP contribution is -2.24. The average molecular weight is 359 g/mol. The number of hydrogen-bond acceptors (Lipinski definition) is 3. The van der Waals surface area contributed by atoms with E-state index in [9.17, 15) is 9.00 Å². The van der Waals surface area contributed by atoms with E-state index in [-0.39, 0.29) is 16.8 Å². The van der Waals surface area contributed by atoms with Crippen LogP contribution in [0.25, 0.3) is 0 Å². The van der Waals surface area contributed by atoms with Gasteiger partial charge in [0, 0.05) is 21.6 Å². The minimum atomic E-state index is -1.05. The summed E-state index contributed by atoms with van der Waals surface area (Å²) in [7, 11) is 0.536. The van der Waals surface area contributed by atoms with Gasteiger partial charge in [0.15, 0.2) is 5.78 Å². The maximum atomic E-state index is 12.2. The highest BCUT2D eigenvalue weighted by Crippen LogP contribution is 2.26. The summed E-state index contributed by atoms with van der Waals surface area (Å²) < 4.78 is 18.1. The fourth-order valence-electron chi connectivity index (χ4n) is 2.50. The second kappa shape index (κ2) is 7.36. The Morgan fingerprint density at radius 1 is 1.35 bits per heavy atom. The van der Waals surface area contributed by atoms with Crippen LogP contribution in [0.4, 0.5) is 0 Å². The molecule has 0 N–H and O–H groups in total. The molecule has 0 heterocycles. The Bertz CT molecular complexity index is 510. The van der Waals surface area contributed by atoms with Crippen LogP contribution in [0.2, 0.25) is 0 Å². The van der Waals surface area contributed by atoms with Gasteiger partial charge in [-0.3, -0.25) is 9.00 Å². The molecule has 1 aromatic rings. The highest BCUT2D eigenvalue weighted by Gasteiger charge is 2.22. The van der Waals surface area contributed by atoms with Crippen molar-refractivity contribution >= 4 is 32.5 Å².